The lowest BCUT2D eigenvalue weighted by Gasteiger charge is -2.07. The third kappa shape index (κ3) is 4.00. The van der Waals surface area contributed by atoms with E-state index in [0.717, 1.165) is 6.34 Å². The van der Waals surface area contributed by atoms with Crippen molar-refractivity contribution in [2.75, 3.05) is 5.32 Å². The number of nitrogens with two attached hydrogens (primary N) is 2. The molecular formula is C17H14Cl3N7. The van der Waals surface area contributed by atoms with Crippen LogP contribution < -0.4 is 16.8 Å². The average Bonchev–Trinajstić information content (AvgIpc) is 3.03. The molecule has 2 heterocycles. The molecule has 0 radical (unpaired) electrons. The van der Waals surface area contributed by atoms with Crippen LogP contribution in [0.15, 0.2) is 59.8 Å². The van der Waals surface area contributed by atoms with Crippen molar-refractivity contribution in [1.29, 1.82) is 0 Å². The van der Waals surface area contributed by atoms with E-state index in [9.17, 15) is 0 Å². The van der Waals surface area contributed by atoms with Crippen LogP contribution in [0.2, 0.25) is 15.1 Å². The maximum absolute atomic E-state index is 6.28. The topological polar surface area (TPSA) is 107 Å². The second-order valence-corrected chi connectivity index (χ2v) is 6.59. The highest BCUT2D eigenvalue weighted by Gasteiger charge is 2.16. The van der Waals surface area contributed by atoms with Gasteiger partial charge in [-0.05, 0) is 12.1 Å². The van der Waals surface area contributed by atoms with Crippen LogP contribution in [0, 0.1) is 0 Å². The normalized spacial score (nSPS) is 12.0. The summed E-state index contributed by atoms with van der Waals surface area (Å²) in [6, 6.07) is 5.19. The third-order valence-corrected chi connectivity index (χ3v) is 4.34. The molecule has 0 spiro atoms. The molecule has 3 aromatic rings. The van der Waals surface area contributed by atoms with Crippen LogP contribution in [0.3, 0.4) is 0 Å². The second-order valence-electron chi connectivity index (χ2n) is 5.37. The summed E-state index contributed by atoms with van der Waals surface area (Å²) in [6.45, 7) is 3.62. The maximum Gasteiger partial charge on any atom is 0.142 e. The zero-order chi connectivity index (χ0) is 19.6. The van der Waals surface area contributed by atoms with Gasteiger partial charge in [-0.1, -0.05) is 47.4 Å². The van der Waals surface area contributed by atoms with Crippen molar-refractivity contribution in [2.24, 2.45) is 16.5 Å². The van der Waals surface area contributed by atoms with E-state index in [1.165, 1.54) is 12.3 Å². The van der Waals surface area contributed by atoms with Gasteiger partial charge in [0.25, 0.3) is 0 Å². The Morgan fingerprint density at radius 1 is 1.22 bits per heavy atom. The fraction of sp³-hybridized carbons (Fsp3) is 0. The predicted molar refractivity (Wildman–Crippen MR) is 112 cm³/mol. The zero-order valence-corrected chi connectivity index (χ0v) is 16.1. The van der Waals surface area contributed by atoms with E-state index in [-0.39, 0.29) is 0 Å². The molecule has 0 saturated carbocycles. The van der Waals surface area contributed by atoms with Crippen molar-refractivity contribution >= 4 is 57.9 Å². The molecule has 0 saturated heterocycles. The molecule has 0 aliphatic heterocycles. The number of nitrogens with one attached hydrogen (secondary N) is 1. The Hall–Kier alpha value is -2.74. The van der Waals surface area contributed by atoms with Crippen molar-refractivity contribution in [1.82, 2.24) is 14.8 Å². The first kappa shape index (κ1) is 19.0. The lowest BCUT2D eigenvalue weighted by Crippen LogP contribution is -2.04. The maximum atomic E-state index is 6.28. The Labute approximate surface area is 169 Å². The number of allylic oxidation sites excluding steroid dienone is 1. The molecule has 138 valence electrons. The van der Waals surface area contributed by atoms with Crippen molar-refractivity contribution in [3.05, 3.63) is 69.8 Å². The number of aliphatic imine (C=N–C) groups is 1. The summed E-state index contributed by atoms with van der Waals surface area (Å²) in [7, 11) is 0. The number of pyridine rings is 1. The quantitative estimate of drug-likeness (QED) is 0.326. The van der Waals surface area contributed by atoms with E-state index in [2.05, 4.69) is 27.0 Å². The number of hydrogen-bond donors (Lipinski definition) is 3. The van der Waals surface area contributed by atoms with Gasteiger partial charge >= 0.3 is 0 Å². The Morgan fingerprint density at radius 3 is 2.56 bits per heavy atom. The lowest BCUT2D eigenvalue weighted by atomic mass is 10.3. The van der Waals surface area contributed by atoms with Gasteiger partial charge in [0.1, 0.15) is 22.8 Å². The lowest BCUT2D eigenvalue weighted by molar-refractivity contribution is 0.897. The van der Waals surface area contributed by atoms with Crippen LogP contribution in [0.1, 0.15) is 0 Å². The summed E-state index contributed by atoms with van der Waals surface area (Å²) < 4.78 is 1.55. The predicted octanol–water partition coefficient (Wildman–Crippen LogP) is 4.09. The minimum Gasteiger partial charge on any atom is -0.399 e. The van der Waals surface area contributed by atoms with Crippen molar-refractivity contribution in [3.63, 3.8) is 0 Å². The number of benzene rings is 1. The van der Waals surface area contributed by atoms with Gasteiger partial charge < -0.3 is 16.8 Å². The molecular weight excluding hydrogens is 409 g/mol. The smallest absolute Gasteiger partial charge is 0.142 e. The summed E-state index contributed by atoms with van der Waals surface area (Å²) in [5.41, 5.74) is 12.3. The van der Waals surface area contributed by atoms with Crippen molar-refractivity contribution < 1.29 is 0 Å². The van der Waals surface area contributed by atoms with E-state index < -0.39 is 0 Å². The summed E-state index contributed by atoms with van der Waals surface area (Å²) in [6.07, 6.45) is 5.83. The largest absolute Gasteiger partial charge is 0.399 e. The zero-order valence-electron chi connectivity index (χ0n) is 13.8. The van der Waals surface area contributed by atoms with Crippen LogP contribution in [0.4, 0.5) is 5.82 Å². The number of aromatic nitrogens is 3. The van der Waals surface area contributed by atoms with E-state index in [1.54, 1.807) is 29.1 Å². The van der Waals surface area contributed by atoms with Gasteiger partial charge in [-0.15, -0.1) is 0 Å². The van der Waals surface area contributed by atoms with E-state index in [1.807, 2.05) is 0 Å². The van der Waals surface area contributed by atoms with Gasteiger partial charge in [0.15, 0.2) is 0 Å². The number of fused-ring (bicyclic) bond motifs is 1. The number of rotatable bonds is 5. The fourth-order valence-corrected chi connectivity index (χ4v) is 3.14. The molecule has 0 aliphatic carbocycles. The van der Waals surface area contributed by atoms with E-state index in [4.69, 9.17) is 46.3 Å². The Morgan fingerprint density at radius 2 is 1.93 bits per heavy atom. The minimum absolute atomic E-state index is 0.298. The monoisotopic (exact) mass is 421 g/mol. The summed E-state index contributed by atoms with van der Waals surface area (Å²) in [5, 5.41) is 9.40. The molecule has 5 N–H and O–H groups in total. The highest BCUT2D eigenvalue weighted by Crippen LogP contribution is 2.33. The van der Waals surface area contributed by atoms with Crippen LogP contribution in [-0.2, 0) is 0 Å². The SMILES string of the molecule is C=C(N)/C=C(\N=CN)Nc1ncc(Cl)c2nn(-c3c(Cl)cccc3Cl)cc12. The van der Waals surface area contributed by atoms with Gasteiger partial charge in [0, 0.05) is 18.0 Å². The Kier molecular flexibility index (Phi) is 5.55. The molecule has 3 rings (SSSR count). The average molecular weight is 423 g/mol. The van der Waals surface area contributed by atoms with Crippen LogP contribution in [0.25, 0.3) is 16.6 Å². The van der Waals surface area contributed by atoms with E-state index in [0.29, 0.717) is 49.0 Å². The molecule has 0 amide bonds. The molecule has 0 atom stereocenters. The van der Waals surface area contributed by atoms with Crippen LogP contribution in [-0.4, -0.2) is 21.1 Å². The van der Waals surface area contributed by atoms with E-state index >= 15 is 0 Å². The molecule has 0 aliphatic rings. The minimum atomic E-state index is 0.298. The van der Waals surface area contributed by atoms with Crippen LogP contribution in [0.5, 0.6) is 0 Å². The van der Waals surface area contributed by atoms with Gasteiger partial charge in [-0.3, -0.25) is 0 Å². The summed E-state index contributed by atoms with van der Waals surface area (Å²) in [4.78, 5) is 8.30. The van der Waals surface area contributed by atoms with Gasteiger partial charge in [0.2, 0.25) is 0 Å². The van der Waals surface area contributed by atoms with Crippen LogP contribution >= 0.6 is 34.8 Å². The number of halogens is 3. The van der Waals surface area contributed by atoms with Gasteiger partial charge in [0.05, 0.1) is 33.0 Å². The highest BCUT2D eigenvalue weighted by molar-refractivity contribution is 6.38. The number of nitrogens with zero attached hydrogens (tertiary/aromatic N) is 4. The number of anilines is 1. The molecule has 2 aromatic heterocycles. The van der Waals surface area contributed by atoms with Crippen molar-refractivity contribution in [2.45, 2.75) is 0 Å². The molecule has 7 nitrogen and oxygen atoms in total. The summed E-state index contributed by atoms with van der Waals surface area (Å²) in [5.74, 6) is 0.798. The van der Waals surface area contributed by atoms with Crippen molar-refractivity contribution in [3.8, 4) is 5.69 Å². The van der Waals surface area contributed by atoms with Gasteiger partial charge in [-0.2, -0.15) is 5.10 Å². The Balaban J connectivity index is 2.15. The fourth-order valence-electron chi connectivity index (χ4n) is 2.38. The first-order valence-corrected chi connectivity index (χ1v) is 8.69. The molecule has 27 heavy (non-hydrogen) atoms. The number of para-hydroxylation sites is 1. The molecule has 1 aromatic carbocycles. The molecule has 0 unspecified atom stereocenters. The third-order valence-electron chi connectivity index (χ3n) is 3.45. The molecule has 10 heteroatoms. The Bertz CT molecular complexity index is 1070. The summed E-state index contributed by atoms with van der Waals surface area (Å²) >= 11 is 18.8. The second kappa shape index (κ2) is 7.87. The number of hydrogen-bond acceptors (Lipinski definition) is 5. The standard InChI is InChI=1S/C17H14Cl3N7/c1-9(22)5-14(24-8-21)25-17-10-7-27(26-15(10)13(20)6-23-17)16-11(18)3-2-4-12(16)19/h2-8H,1,22H2,(H2,21,24)(H,23,25)/b14-5+. The highest BCUT2D eigenvalue weighted by atomic mass is 35.5. The molecule has 0 bridgehead atoms. The first-order chi connectivity index (χ1) is 12.9. The molecule has 0 fully saturated rings. The first-order valence-electron chi connectivity index (χ1n) is 7.56. The van der Waals surface area contributed by atoms with Gasteiger partial charge in [-0.25, -0.2) is 14.7 Å².